The molecule has 4 aliphatic carbocycles. The fourth-order valence-electron chi connectivity index (χ4n) is 6.68. The van der Waals surface area contributed by atoms with E-state index < -0.39 is 0 Å². The molecule has 3 saturated carbocycles. The first kappa shape index (κ1) is 14.3. The van der Waals surface area contributed by atoms with Crippen molar-refractivity contribution in [3.05, 3.63) is 11.6 Å². The Kier molecular flexibility index (Phi) is 3.11. The maximum absolute atomic E-state index is 10.5. The summed E-state index contributed by atoms with van der Waals surface area (Å²) in [6.07, 6.45) is 11.2. The van der Waals surface area contributed by atoms with Crippen molar-refractivity contribution in [2.24, 2.45) is 28.6 Å². The fraction of sp³-hybridized carbons (Fsp3) is 0.895. The van der Waals surface area contributed by atoms with Crippen LogP contribution >= 0.6 is 0 Å². The lowest BCUT2D eigenvalue weighted by molar-refractivity contribution is -0.0761. The fourth-order valence-corrected chi connectivity index (χ4v) is 6.68. The predicted octanol–water partition coefficient (Wildman–Crippen LogP) is 3.67. The minimum absolute atomic E-state index is 0.0682. The normalized spacial score (nSPS) is 56.2. The van der Waals surface area contributed by atoms with Gasteiger partial charge in [0.2, 0.25) is 0 Å². The first-order chi connectivity index (χ1) is 9.95. The van der Waals surface area contributed by atoms with Crippen molar-refractivity contribution in [3.63, 3.8) is 0 Å². The third-order valence-electron chi connectivity index (χ3n) is 8.04. The van der Waals surface area contributed by atoms with Crippen molar-refractivity contribution in [2.45, 2.75) is 77.4 Å². The van der Waals surface area contributed by atoms with E-state index >= 15 is 0 Å². The van der Waals surface area contributed by atoms with Crippen LogP contribution in [0.4, 0.5) is 0 Å². The number of fused-ring (bicyclic) bond motifs is 5. The molecule has 0 radical (unpaired) electrons. The molecule has 118 valence electrons. The second kappa shape index (κ2) is 4.58. The molecule has 0 heterocycles. The van der Waals surface area contributed by atoms with Gasteiger partial charge >= 0.3 is 0 Å². The van der Waals surface area contributed by atoms with Gasteiger partial charge in [0.1, 0.15) is 0 Å². The summed E-state index contributed by atoms with van der Waals surface area (Å²) in [4.78, 5) is 0. The molecule has 2 nitrogen and oxygen atoms in total. The van der Waals surface area contributed by atoms with Crippen molar-refractivity contribution < 1.29 is 10.2 Å². The van der Waals surface area contributed by atoms with Gasteiger partial charge < -0.3 is 10.2 Å². The average molecular weight is 290 g/mol. The van der Waals surface area contributed by atoms with Gasteiger partial charge in [-0.2, -0.15) is 0 Å². The maximum atomic E-state index is 10.5. The molecule has 0 aliphatic heterocycles. The van der Waals surface area contributed by atoms with Crippen LogP contribution in [0.15, 0.2) is 11.6 Å². The Bertz CT molecular complexity index is 470. The molecule has 21 heavy (non-hydrogen) atoms. The van der Waals surface area contributed by atoms with E-state index in [9.17, 15) is 10.2 Å². The molecule has 2 N–H and O–H groups in total. The third kappa shape index (κ3) is 1.84. The smallest absolute Gasteiger partial charge is 0.0724 e. The van der Waals surface area contributed by atoms with Crippen LogP contribution in [0.25, 0.3) is 0 Å². The van der Waals surface area contributed by atoms with Crippen molar-refractivity contribution in [3.8, 4) is 0 Å². The van der Waals surface area contributed by atoms with Crippen LogP contribution in [0.3, 0.4) is 0 Å². The third-order valence-corrected chi connectivity index (χ3v) is 8.04. The minimum Gasteiger partial charge on any atom is -0.393 e. The molecule has 0 spiro atoms. The lowest BCUT2D eigenvalue weighted by Crippen LogP contribution is -2.51. The molecule has 4 rings (SSSR count). The summed E-state index contributed by atoms with van der Waals surface area (Å²) < 4.78 is 0. The zero-order valence-electron chi connectivity index (χ0n) is 13.5. The molecular weight excluding hydrogens is 260 g/mol. The molecule has 2 heteroatoms. The molecule has 0 amide bonds. The number of hydrogen-bond donors (Lipinski definition) is 2. The number of aliphatic hydroxyl groups excluding tert-OH is 2. The van der Waals surface area contributed by atoms with E-state index in [-0.39, 0.29) is 17.6 Å². The van der Waals surface area contributed by atoms with E-state index in [1.807, 2.05) is 0 Å². The van der Waals surface area contributed by atoms with E-state index in [2.05, 4.69) is 19.9 Å². The van der Waals surface area contributed by atoms with Crippen LogP contribution in [0.2, 0.25) is 0 Å². The Morgan fingerprint density at radius 3 is 2.57 bits per heavy atom. The largest absolute Gasteiger partial charge is 0.393 e. The molecule has 4 aliphatic rings. The summed E-state index contributed by atoms with van der Waals surface area (Å²) in [6.45, 7) is 4.82. The monoisotopic (exact) mass is 290 g/mol. The van der Waals surface area contributed by atoms with Crippen LogP contribution in [-0.2, 0) is 0 Å². The van der Waals surface area contributed by atoms with Gasteiger partial charge in [0, 0.05) is 0 Å². The van der Waals surface area contributed by atoms with Gasteiger partial charge in [-0.3, -0.25) is 0 Å². The van der Waals surface area contributed by atoms with E-state index in [0.29, 0.717) is 5.41 Å². The van der Waals surface area contributed by atoms with Gasteiger partial charge in [0.25, 0.3) is 0 Å². The molecular formula is C19H30O2. The van der Waals surface area contributed by atoms with Gasteiger partial charge in [-0.05, 0) is 80.0 Å². The summed E-state index contributed by atoms with van der Waals surface area (Å²) in [7, 11) is 0. The van der Waals surface area contributed by atoms with Crippen molar-refractivity contribution in [1.29, 1.82) is 0 Å². The standard InChI is InChI=1S/C19H30O2/c1-18-9-7-13(20)11-12(18)3-4-14-15-5-6-17(21)19(15,2)10-8-16(14)18/h11,13-17,20-21H,3-10H2,1-2H3/t13-,14+,15+,16+,17+,18+,19+/m0/s1. The van der Waals surface area contributed by atoms with E-state index in [4.69, 9.17) is 0 Å². The number of aliphatic hydroxyl groups is 2. The maximum Gasteiger partial charge on any atom is 0.0724 e. The van der Waals surface area contributed by atoms with Crippen molar-refractivity contribution >= 4 is 0 Å². The highest BCUT2D eigenvalue weighted by Crippen LogP contribution is 2.65. The summed E-state index contributed by atoms with van der Waals surface area (Å²) in [5, 5.41) is 20.4. The Morgan fingerprint density at radius 1 is 0.952 bits per heavy atom. The number of allylic oxidation sites excluding steroid dienone is 1. The first-order valence-electron chi connectivity index (χ1n) is 9.02. The van der Waals surface area contributed by atoms with Gasteiger partial charge in [-0.25, -0.2) is 0 Å². The SMILES string of the molecule is C[C@@]12CC[C@@H]3[C@H](CCC4=C[C@@H](O)CC[C@]43C)[C@H]1CC[C@H]2O. The number of rotatable bonds is 0. The predicted molar refractivity (Wildman–Crippen MR) is 83.7 cm³/mol. The lowest BCUT2D eigenvalue weighted by atomic mass is 9.47. The highest BCUT2D eigenvalue weighted by atomic mass is 16.3. The Morgan fingerprint density at radius 2 is 1.76 bits per heavy atom. The first-order valence-corrected chi connectivity index (χ1v) is 9.02. The second-order valence-corrected chi connectivity index (χ2v) is 8.77. The molecule has 3 fully saturated rings. The van der Waals surface area contributed by atoms with Gasteiger partial charge in [-0.1, -0.05) is 25.5 Å². The topological polar surface area (TPSA) is 40.5 Å². The molecule has 0 aromatic heterocycles. The van der Waals surface area contributed by atoms with Gasteiger partial charge in [0.15, 0.2) is 0 Å². The Labute approximate surface area is 128 Å². The molecule has 0 aromatic rings. The van der Waals surface area contributed by atoms with E-state index in [1.54, 1.807) is 5.57 Å². The quantitative estimate of drug-likeness (QED) is 0.668. The van der Waals surface area contributed by atoms with Crippen LogP contribution in [0.1, 0.15) is 65.2 Å². The highest BCUT2D eigenvalue weighted by molar-refractivity contribution is 5.25. The summed E-state index contributed by atoms with van der Waals surface area (Å²) in [5.74, 6) is 2.32. The minimum atomic E-state index is -0.202. The summed E-state index contributed by atoms with van der Waals surface area (Å²) in [5.41, 5.74) is 2.06. The van der Waals surface area contributed by atoms with Crippen LogP contribution in [0.5, 0.6) is 0 Å². The zero-order chi connectivity index (χ0) is 14.8. The van der Waals surface area contributed by atoms with E-state index in [0.717, 1.165) is 37.0 Å². The molecule has 0 saturated heterocycles. The molecule has 0 unspecified atom stereocenters. The Balaban J connectivity index is 1.67. The molecule has 0 aromatic carbocycles. The summed E-state index contributed by atoms with van der Waals surface area (Å²) in [6, 6.07) is 0. The highest BCUT2D eigenvalue weighted by Gasteiger charge is 2.58. The van der Waals surface area contributed by atoms with Crippen LogP contribution in [0, 0.1) is 28.6 Å². The van der Waals surface area contributed by atoms with Crippen molar-refractivity contribution in [1.82, 2.24) is 0 Å². The van der Waals surface area contributed by atoms with Crippen LogP contribution in [-0.4, -0.2) is 22.4 Å². The molecule has 0 bridgehead atoms. The van der Waals surface area contributed by atoms with Crippen molar-refractivity contribution in [2.75, 3.05) is 0 Å². The summed E-state index contributed by atoms with van der Waals surface area (Å²) >= 11 is 0. The molecule has 7 atom stereocenters. The van der Waals surface area contributed by atoms with Crippen LogP contribution < -0.4 is 0 Å². The average Bonchev–Trinajstić information content (AvgIpc) is 2.76. The lowest BCUT2D eigenvalue weighted by Gasteiger charge is -2.58. The second-order valence-electron chi connectivity index (χ2n) is 8.77. The number of hydrogen-bond acceptors (Lipinski definition) is 2. The Hall–Kier alpha value is -0.340. The van der Waals surface area contributed by atoms with E-state index in [1.165, 1.54) is 32.1 Å². The zero-order valence-corrected chi connectivity index (χ0v) is 13.5. The van der Waals surface area contributed by atoms with Gasteiger partial charge in [-0.15, -0.1) is 0 Å². The van der Waals surface area contributed by atoms with Gasteiger partial charge in [0.05, 0.1) is 12.2 Å².